The predicted octanol–water partition coefficient (Wildman–Crippen LogP) is 7.11. The Hall–Kier alpha value is -3.13. The third kappa shape index (κ3) is 4.86. The highest BCUT2D eigenvalue weighted by molar-refractivity contribution is 6.31. The Balaban J connectivity index is 1.42. The van der Waals surface area contributed by atoms with Gasteiger partial charge in [0.05, 0.1) is 23.0 Å². The van der Waals surface area contributed by atoms with Crippen molar-refractivity contribution in [3.05, 3.63) is 64.3 Å². The zero-order chi connectivity index (χ0) is 27.2. The van der Waals surface area contributed by atoms with Crippen molar-refractivity contribution >= 4 is 23.3 Å². The number of aromatic nitrogens is 3. The number of benzene rings is 1. The Labute approximate surface area is 228 Å². The van der Waals surface area contributed by atoms with Crippen LogP contribution in [0, 0.1) is 23.1 Å². The monoisotopic (exact) mass is 539 g/mol. The second kappa shape index (κ2) is 10.2. The Morgan fingerprint density at radius 1 is 1.39 bits per heavy atom. The highest BCUT2D eigenvalue weighted by atomic mass is 35.5. The fourth-order valence-corrected chi connectivity index (χ4v) is 5.83. The Kier molecular flexibility index (Phi) is 7.11. The smallest absolute Gasteiger partial charge is 0.322 e. The molecule has 2 amide bonds. The van der Waals surface area contributed by atoms with Crippen molar-refractivity contribution < 1.29 is 13.7 Å². The van der Waals surface area contributed by atoms with Gasteiger partial charge in [-0.25, -0.2) is 9.18 Å². The second-order valence-corrected chi connectivity index (χ2v) is 11.7. The fourth-order valence-electron chi connectivity index (χ4n) is 5.65. The maximum Gasteiger partial charge on any atom is 0.322 e. The number of nitrogens with one attached hydrogen (secondary N) is 1. The van der Waals surface area contributed by atoms with E-state index in [2.05, 4.69) is 49.4 Å². The summed E-state index contributed by atoms with van der Waals surface area (Å²) >= 11 is 5.89. The van der Waals surface area contributed by atoms with E-state index in [1.165, 1.54) is 23.8 Å². The van der Waals surface area contributed by atoms with Gasteiger partial charge in [0, 0.05) is 36.3 Å². The number of hydrogen-bond acceptors (Lipinski definition) is 4. The van der Waals surface area contributed by atoms with Crippen LogP contribution in [0.5, 0.6) is 0 Å². The Morgan fingerprint density at radius 3 is 2.92 bits per heavy atom. The van der Waals surface area contributed by atoms with Crippen molar-refractivity contribution in [2.24, 2.45) is 17.3 Å². The molecule has 38 heavy (non-hydrogen) atoms. The van der Waals surface area contributed by atoms with Gasteiger partial charge in [0.25, 0.3) is 0 Å². The van der Waals surface area contributed by atoms with Gasteiger partial charge in [-0.05, 0) is 54.7 Å². The molecule has 2 unspecified atom stereocenters. The third-order valence-electron chi connectivity index (χ3n) is 8.70. The molecule has 202 valence electrons. The average molecular weight is 540 g/mol. The maximum absolute atomic E-state index is 13.5. The minimum absolute atomic E-state index is 0.0308. The molecule has 0 saturated carbocycles. The van der Waals surface area contributed by atoms with E-state index in [1.54, 1.807) is 11.2 Å². The zero-order valence-electron chi connectivity index (χ0n) is 22.5. The molecule has 0 radical (unpaired) electrons. The summed E-state index contributed by atoms with van der Waals surface area (Å²) in [5, 5.41) is 12.2. The predicted molar refractivity (Wildman–Crippen MR) is 146 cm³/mol. The molecule has 1 aromatic carbocycles. The summed E-state index contributed by atoms with van der Waals surface area (Å²) in [5.74, 6) is 0.254. The lowest BCUT2D eigenvalue weighted by Crippen LogP contribution is -2.38. The summed E-state index contributed by atoms with van der Waals surface area (Å²) < 4.78 is 21.1. The molecule has 2 aliphatic heterocycles. The molecular formula is C29H35ClFN5O2. The van der Waals surface area contributed by atoms with Gasteiger partial charge in [0.2, 0.25) is 0 Å². The average Bonchev–Trinajstić information content (AvgIpc) is 3.44. The van der Waals surface area contributed by atoms with Crippen LogP contribution in [0.3, 0.4) is 0 Å². The van der Waals surface area contributed by atoms with Crippen LogP contribution in [-0.4, -0.2) is 32.4 Å². The summed E-state index contributed by atoms with van der Waals surface area (Å²) in [7, 11) is 0. The van der Waals surface area contributed by atoms with Crippen LogP contribution >= 0.6 is 11.6 Å². The fraction of sp³-hybridized carbons (Fsp3) is 0.483. The van der Waals surface area contributed by atoms with Gasteiger partial charge >= 0.3 is 6.03 Å². The molecule has 4 heterocycles. The number of carbonyl (C=O) groups is 1. The second-order valence-electron chi connectivity index (χ2n) is 11.3. The zero-order valence-corrected chi connectivity index (χ0v) is 23.2. The van der Waals surface area contributed by atoms with Gasteiger partial charge in [0.15, 0.2) is 0 Å². The highest BCUT2D eigenvalue weighted by Gasteiger charge is 2.40. The maximum atomic E-state index is 13.5. The van der Waals surface area contributed by atoms with Gasteiger partial charge < -0.3 is 14.7 Å². The quantitative estimate of drug-likeness (QED) is 0.339. The lowest BCUT2D eigenvalue weighted by atomic mass is 9.66. The minimum Gasteiger partial charge on any atom is -0.364 e. The van der Waals surface area contributed by atoms with E-state index in [9.17, 15) is 9.18 Å². The molecule has 2 aliphatic rings. The van der Waals surface area contributed by atoms with E-state index >= 15 is 0 Å². The molecule has 2 atom stereocenters. The van der Waals surface area contributed by atoms with E-state index in [0.29, 0.717) is 37.0 Å². The number of nitrogens with zero attached hydrogens (tertiary/aromatic N) is 4. The number of hydrogen-bond donors (Lipinski definition) is 1. The molecule has 0 aliphatic carbocycles. The number of anilines is 1. The van der Waals surface area contributed by atoms with E-state index in [4.69, 9.17) is 21.2 Å². The van der Waals surface area contributed by atoms with Gasteiger partial charge in [-0.3, -0.25) is 4.68 Å². The molecular weight excluding hydrogens is 505 g/mol. The molecule has 0 fully saturated rings. The van der Waals surface area contributed by atoms with E-state index < -0.39 is 5.82 Å². The number of carbonyl (C=O) groups excluding carboxylic acids is 1. The molecule has 2 aromatic heterocycles. The van der Waals surface area contributed by atoms with E-state index in [1.807, 2.05) is 0 Å². The third-order valence-corrected chi connectivity index (χ3v) is 8.99. The van der Waals surface area contributed by atoms with Crippen LogP contribution in [0.1, 0.15) is 57.4 Å². The number of allylic oxidation sites excluding steroid dienone is 1. The van der Waals surface area contributed by atoms with Gasteiger partial charge in [-0.1, -0.05) is 56.6 Å². The standard InChI is InChI=1S/C29H35ClFN5O2/c1-6-17(2)11-18(3)29(4,5)20-12-19-16-38-34-26(19)27-22-15-35(10-9-25(22)33-36(27)14-20)28(37)32-21-7-8-24(31)23(30)13-21/h7-8,13,16,18,20H,2,6,9-12,14-15H2,1,3-5H3,(H,32,37). The molecule has 0 bridgehead atoms. The van der Waals surface area contributed by atoms with Crippen molar-refractivity contribution in [2.45, 2.75) is 66.5 Å². The van der Waals surface area contributed by atoms with Crippen molar-refractivity contribution in [1.29, 1.82) is 0 Å². The molecule has 0 saturated heterocycles. The summed E-state index contributed by atoms with van der Waals surface area (Å²) in [5.41, 5.74) is 6.59. The first-order valence-corrected chi connectivity index (χ1v) is 13.7. The van der Waals surface area contributed by atoms with Gasteiger partial charge in [0.1, 0.15) is 17.8 Å². The molecule has 5 rings (SSSR count). The number of amides is 2. The normalized spacial score (nSPS) is 17.7. The molecule has 0 spiro atoms. The number of rotatable bonds is 6. The van der Waals surface area contributed by atoms with Crippen LogP contribution in [0.4, 0.5) is 14.9 Å². The first-order valence-electron chi connectivity index (χ1n) is 13.3. The summed E-state index contributed by atoms with van der Waals surface area (Å²) in [6.07, 6.45) is 5.25. The van der Waals surface area contributed by atoms with E-state index in [0.717, 1.165) is 54.0 Å². The first kappa shape index (κ1) is 26.5. The molecule has 7 nitrogen and oxygen atoms in total. The van der Waals surface area contributed by atoms with Crippen LogP contribution in [0.15, 0.2) is 41.1 Å². The summed E-state index contributed by atoms with van der Waals surface area (Å²) in [4.78, 5) is 14.9. The van der Waals surface area contributed by atoms with Crippen LogP contribution < -0.4 is 5.32 Å². The first-order chi connectivity index (χ1) is 18.1. The molecule has 3 aromatic rings. The van der Waals surface area contributed by atoms with E-state index in [-0.39, 0.29) is 16.5 Å². The SMILES string of the molecule is C=C(CC)CC(C)C(C)(C)C1Cc2conc2-c2c3c(nn2C1)CCN(C(=O)Nc1ccc(F)c(Cl)c1)C3. The Bertz CT molecular complexity index is 1380. The van der Waals surface area contributed by atoms with Gasteiger partial charge in [-0.2, -0.15) is 5.10 Å². The summed E-state index contributed by atoms with van der Waals surface area (Å²) in [6, 6.07) is 3.89. The largest absolute Gasteiger partial charge is 0.364 e. The van der Waals surface area contributed by atoms with Crippen molar-refractivity contribution in [3.8, 4) is 11.4 Å². The van der Waals surface area contributed by atoms with Crippen LogP contribution in [-0.2, 0) is 25.9 Å². The van der Waals surface area contributed by atoms with Crippen molar-refractivity contribution in [3.63, 3.8) is 0 Å². The lowest BCUT2D eigenvalue weighted by Gasteiger charge is -2.39. The van der Waals surface area contributed by atoms with Crippen LogP contribution in [0.25, 0.3) is 11.4 Å². The number of fused-ring (bicyclic) bond motifs is 5. The molecule has 9 heteroatoms. The lowest BCUT2D eigenvalue weighted by molar-refractivity contribution is 0.107. The minimum atomic E-state index is -0.524. The van der Waals surface area contributed by atoms with Gasteiger partial charge in [-0.15, -0.1) is 0 Å². The molecule has 1 N–H and O–H groups in total. The number of halogens is 2. The summed E-state index contributed by atoms with van der Waals surface area (Å²) in [6.45, 7) is 15.1. The van der Waals surface area contributed by atoms with Crippen LogP contribution in [0.2, 0.25) is 5.02 Å². The topological polar surface area (TPSA) is 76.2 Å². The van der Waals surface area contributed by atoms with Crippen molar-refractivity contribution in [2.75, 3.05) is 11.9 Å². The number of urea groups is 1. The Morgan fingerprint density at radius 2 is 2.18 bits per heavy atom. The highest BCUT2D eigenvalue weighted by Crippen LogP contribution is 2.45. The van der Waals surface area contributed by atoms with Crippen molar-refractivity contribution in [1.82, 2.24) is 19.8 Å².